The molecule has 1 aliphatic rings. The quantitative estimate of drug-likeness (QED) is 0.677. The van der Waals surface area contributed by atoms with E-state index in [0.29, 0.717) is 6.04 Å². The summed E-state index contributed by atoms with van der Waals surface area (Å²) in [6.45, 7) is 18.9. The average molecular weight is 264 g/mol. The molecule has 4 unspecified atom stereocenters. The Balaban J connectivity index is 2.68. The maximum absolute atomic E-state index is 3.87. The third kappa shape index (κ3) is 5.12. The van der Waals surface area contributed by atoms with Crippen molar-refractivity contribution in [2.24, 2.45) is 17.8 Å². The second-order valence-electron chi connectivity index (χ2n) is 6.18. The molecule has 0 bridgehead atoms. The minimum Gasteiger partial charge on any atom is -0.314 e. The molecular weight excluding hydrogens is 232 g/mol. The summed E-state index contributed by atoms with van der Waals surface area (Å²) in [7, 11) is 0. The molecule has 110 valence electrons. The molecule has 2 heteroatoms. The Morgan fingerprint density at radius 2 is 1.79 bits per heavy atom. The number of nitrogens with zero attached hydrogens (tertiary/aromatic N) is 1. The minimum absolute atomic E-state index is 0.667. The maximum Gasteiger partial charge on any atom is 0.0164 e. The van der Waals surface area contributed by atoms with Crippen LogP contribution in [0.25, 0.3) is 0 Å². The van der Waals surface area contributed by atoms with Crippen LogP contribution in [0.3, 0.4) is 0 Å². The fourth-order valence-electron chi connectivity index (χ4n) is 3.60. The van der Waals surface area contributed by atoms with Gasteiger partial charge in [-0.25, -0.2) is 0 Å². The molecule has 2 nitrogen and oxygen atoms in total. The summed E-state index contributed by atoms with van der Waals surface area (Å²) in [5.41, 5.74) is 0. The first kappa shape index (κ1) is 16.5. The van der Waals surface area contributed by atoms with Crippen LogP contribution in [0.2, 0.25) is 0 Å². The van der Waals surface area contributed by atoms with Crippen LogP contribution >= 0.6 is 0 Å². The van der Waals surface area contributed by atoms with Gasteiger partial charge >= 0.3 is 0 Å². The van der Waals surface area contributed by atoms with Gasteiger partial charge in [0.05, 0.1) is 0 Å². The number of rotatable bonds is 8. The van der Waals surface area contributed by atoms with Crippen LogP contribution in [0.4, 0.5) is 0 Å². The molecule has 1 aliphatic carbocycles. The molecule has 0 radical (unpaired) electrons. The molecule has 0 spiro atoms. The van der Waals surface area contributed by atoms with Crippen molar-refractivity contribution >= 4 is 0 Å². The lowest BCUT2D eigenvalue weighted by atomic mass is 9.72. The molecule has 4 atom stereocenters. The molecule has 1 fully saturated rings. The van der Waals surface area contributed by atoms with E-state index in [9.17, 15) is 0 Å². The summed E-state index contributed by atoms with van der Waals surface area (Å²) in [4.78, 5) is 2.46. The third-order valence-electron chi connectivity index (χ3n) is 4.39. The Hall–Kier alpha value is -0.600. The predicted molar refractivity (Wildman–Crippen MR) is 85.4 cm³/mol. The molecule has 0 aromatic carbocycles. The summed E-state index contributed by atoms with van der Waals surface area (Å²) >= 11 is 0. The summed E-state index contributed by atoms with van der Waals surface area (Å²) < 4.78 is 0. The molecule has 1 rings (SSSR count). The van der Waals surface area contributed by atoms with Crippen molar-refractivity contribution in [2.45, 2.75) is 39.7 Å². The van der Waals surface area contributed by atoms with Gasteiger partial charge in [0.25, 0.3) is 0 Å². The standard InChI is InChI=1S/C17H32N2/c1-6-9-19(10-7-2)13-16-15(5)11-14(4)12-17(16)18-8-3/h6-7,14-18H,1-2,8-13H2,3-5H3. The summed E-state index contributed by atoms with van der Waals surface area (Å²) in [6.07, 6.45) is 6.69. The number of hydrogen-bond acceptors (Lipinski definition) is 2. The van der Waals surface area contributed by atoms with E-state index in [1.54, 1.807) is 0 Å². The molecular formula is C17H32N2. The maximum atomic E-state index is 3.87. The Bertz CT molecular complexity index is 264. The normalized spacial score (nSPS) is 31.4. The first-order chi connectivity index (χ1) is 9.12. The van der Waals surface area contributed by atoms with Gasteiger partial charge in [-0.1, -0.05) is 32.9 Å². The molecule has 0 heterocycles. The van der Waals surface area contributed by atoms with Crippen molar-refractivity contribution in [1.82, 2.24) is 10.2 Å². The SMILES string of the molecule is C=CCN(CC=C)CC1C(C)CC(C)CC1NCC. The van der Waals surface area contributed by atoms with Crippen LogP contribution in [0.15, 0.2) is 25.3 Å². The van der Waals surface area contributed by atoms with Crippen LogP contribution in [0, 0.1) is 17.8 Å². The number of nitrogens with one attached hydrogen (secondary N) is 1. The molecule has 0 aliphatic heterocycles. The molecule has 0 amide bonds. The van der Waals surface area contributed by atoms with Gasteiger partial charge in [0.15, 0.2) is 0 Å². The van der Waals surface area contributed by atoms with Crippen molar-refractivity contribution in [2.75, 3.05) is 26.2 Å². The van der Waals surface area contributed by atoms with E-state index in [1.807, 2.05) is 12.2 Å². The van der Waals surface area contributed by atoms with E-state index in [4.69, 9.17) is 0 Å². The first-order valence-corrected chi connectivity index (χ1v) is 7.79. The van der Waals surface area contributed by atoms with Crippen LogP contribution < -0.4 is 5.32 Å². The lowest BCUT2D eigenvalue weighted by Crippen LogP contribution is -2.49. The highest BCUT2D eigenvalue weighted by molar-refractivity contribution is 4.91. The lowest BCUT2D eigenvalue weighted by Gasteiger charge is -2.42. The van der Waals surface area contributed by atoms with Gasteiger partial charge in [-0.3, -0.25) is 4.90 Å². The van der Waals surface area contributed by atoms with E-state index in [2.05, 4.69) is 44.1 Å². The second-order valence-corrected chi connectivity index (χ2v) is 6.18. The molecule has 19 heavy (non-hydrogen) atoms. The van der Waals surface area contributed by atoms with Crippen LogP contribution in [0.1, 0.15) is 33.6 Å². The fourth-order valence-corrected chi connectivity index (χ4v) is 3.60. The first-order valence-electron chi connectivity index (χ1n) is 7.79. The Morgan fingerprint density at radius 3 is 2.32 bits per heavy atom. The molecule has 0 aromatic heterocycles. The molecule has 1 N–H and O–H groups in total. The minimum atomic E-state index is 0.667. The van der Waals surface area contributed by atoms with E-state index >= 15 is 0 Å². The number of hydrogen-bond donors (Lipinski definition) is 1. The average Bonchev–Trinajstić information content (AvgIpc) is 2.34. The van der Waals surface area contributed by atoms with Crippen molar-refractivity contribution in [1.29, 1.82) is 0 Å². The predicted octanol–water partition coefficient (Wildman–Crippen LogP) is 3.32. The van der Waals surface area contributed by atoms with Gasteiger partial charge in [-0.15, -0.1) is 13.2 Å². The summed E-state index contributed by atoms with van der Waals surface area (Å²) in [5.74, 6) is 2.39. The molecule has 0 saturated heterocycles. The van der Waals surface area contributed by atoms with Crippen LogP contribution in [0.5, 0.6) is 0 Å². The summed E-state index contributed by atoms with van der Waals surface area (Å²) in [6, 6.07) is 0.667. The van der Waals surface area contributed by atoms with Crippen LogP contribution in [-0.2, 0) is 0 Å². The van der Waals surface area contributed by atoms with E-state index in [0.717, 1.165) is 43.9 Å². The van der Waals surface area contributed by atoms with E-state index < -0.39 is 0 Å². The van der Waals surface area contributed by atoms with Gasteiger partial charge < -0.3 is 5.32 Å². The molecule has 0 aromatic rings. The fraction of sp³-hybridized carbons (Fsp3) is 0.765. The topological polar surface area (TPSA) is 15.3 Å². The Labute approximate surface area is 120 Å². The zero-order valence-corrected chi connectivity index (χ0v) is 13.1. The van der Waals surface area contributed by atoms with Crippen molar-refractivity contribution in [3.05, 3.63) is 25.3 Å². The van der Waals surface area contributed by atoms with Gasteiger partial charge in [0.1, 0.15) is 0 Å². The third-order valence-corrected chi connectivity index (χ3v) is 4.39. The van der Waals surface area contributed by atoms with E-state index in [1.165, 1.54) is 12.8 Å². The van der Waals surface area contributed by atoms with Gasteiger partial charge in [-0.2, -0.15) is 0 Å². The smallest absolute Gasteiger partial charge is 0.0164 e. The van der Waals surface area contributed by atoms with Gasteiger partial charge in [0.2, 0.25) is 0 Å². The van der Waals surface area contributed by atoms with Crippen LogP contribution in [-0.4, -0.2) is 37.1 Å². The highest BCUT2D eigenvalue weighted by atomic mass is 15.1. The van der Waals surface area contributed by atoms with Crippen molar-refractivity contribution < 1.29 is 0 Å². The van der Waals surface area contributed by atoms with E-state index in [-0.39, 0.29) is 0 Å². The Kier molecular flexibility index (Phi) is 7.40. The second kappa shape index (κ2) is 8.55. The zero-order valence-electron chi connectivity index (χ0n) is 13.1. The van der Waals surface area contributed by atoms with Gasteiger partial charge in [0, 0.05) is 25.7 Å². The van der Waals surface area contributed by atoms with Crippen molar-refractivity contribution in [3.8, 4) is 0 Å². The highest BCUT2D eigenvalue weighted by Crippen LogP contribution is 2.34. The highest BCUT2D eigenvalue weighted by Gasteiger charge is 2.34. The summed E-state index contributed by atoms with van der Waals surface area (Å²) in [5, 5.41) is 3.71. The molecule has 1 saturated carbocycles. The zero-order chi connectivity index (χ0) is 14.3. The lowest BCUT2D eigenvalue weighted by molar-refractivity contribution is 0.111. The largest absolute Gasteiger partial charge is 0.314 e. The Morgan fingerprint density at radius 1 is 1.16 bits per heavy atom. The van der Waals surface area contributed by atoms with Crippen molar-refractivity contribution in [3.63, 3.8) is 0 Å². The monoisotopic (exact) mass is 264 g/mol. The van der Waals surface area contributed by atoms with Gasteiger partial charge in [-0.05, 0) is 37.1 Å².